The Hall–Kier alpha value is -2.71. The van der Waals surface area contributed by atoms with Gasteiger partial charge in [-0.3, -0.25) is 4.79 Å². The lowest BCUT2D eigenvalue weighted by Gasteiger charge is -2.15. The van der Waals surface area contributed by atoms with E-state index in [4.69, 9.17) is 9.47 Å². The molecule has 3 aromatic rings. The van der Waals surface area contributed by atoms with E-state index < -0.39 is 0 Å². The monoisotopic (exact) mass is 548 g/mol. The summed E-state index contributed by atoms with van der Waals surface area (Å²) in [5.74, 6) is 0.279. The largest absolute Gasteiger partial charge is 0.490 e. The van der Waals surface area contributed by atoms with Crippen molar-refractivity contribution in [3.05, 3.63) is 92.1 Å². The number of hydrogen-bond donors (Lipinski definition) is 1. The lowest BCUT2D eigenvalue weighted by molar-refractivity contribution is 0.0955. The fraction of sp³-hybridized carbons (Fsp3) is 0.130. The Kier molecular flexibility index (Phi) is 8.20. The van der Waals surface area contributed by atoms with Crippen LogP contribution in [-0.2, 0) is 6.61 Å². The second-order valence-corrected chi connectivity index (χ2v) is 8.12. The highest BCUT2D eigenvalue weighted by Gasteiger charge is 2.13. The highest BCUT2D eigenvalue weighted by molar-refractivity contribution is 9.10. The molecule has 0 aliphatic rings. The fourth-order valence-corrected chi connectivity index (χ4v) is 3.66. The van der Waals surface area contributed by atoms with Crippen LogP contribution in [0.1, 0.15) is 28.4 Å². The second kappa shape index (κ2) is 11.1. The van der Waals surface area contributed by atoms with E-state index in [0.717, 1.165) is 4.47 Å². The van der Waals surface area contributed by atoms with Crippen LogP contribution in [0.25, 0.3) is 0 Å². The van der Waals surface area contributed by atoms with Crippen molar-refractivity contribution in [1.29, 1.82) is 0 Å². The molecule has 0 saturated heterocycles. The average molecular weight is 550 g/mol. The Balaban J connectivity index is 1.73. The highest BCUT2D eigenvalue weighted by Crippen LogP contribution is 2.37. The van der Waals surface area contributed by atoms with Gasteiger partial charge in [-0.2, -0.15) is 5.10 Å². The summed E-state index contributed by atoms with van der Waals surface area (Å²) in [5, 5.41) is 4.02. The number of nitrogens with zero attached hydrogens (tertiary/aromatic N) is 1. The summed E-state index contributed by atoms with van der Waals surface area (Å²) in [6.07, 6.45) is 1.50. The van der Waals surface area contributed by atoms with Crippen LogP contribution in [0.15, 0.2) is 74.7 Å². The molecule has 0 bridgehead atoms. The summed E-state index contributed by atoms with van der Waals surface area (Å²) in [4.78, 5) is 12.2. The second-order valence-electron chi connectivity index (χ2n) is 6.35. The van der Waals surface area contributed by atoms with Gasteiger partial charge in [0.2, 0.25) is 0 Å². The summed E-state index contributed by atoms with van der Waals surface area (Å²) in [6, 6.07) is 17.0. The van der Waals surface area contributed by atoms with Crippen molar-refractivity contribution in [3.63, 3.8) is 0 Å². The van der Waals surface area contributed by atoms with Crippen LogP contribution >= 0.6 is 31.9 Å². The van der Waals surface area contributed by atoms with Gasteiger partial charge < -0.3 is 9.47 Å². The zero-order valence-corrected chi connectivity index (χ0v) is 19.7. The molecular weight excluding hydrogens is 531 g/mol. The molecule has 0 spiro atoms. The number of hydrogen-bond acceptors (Lipinski definition) is 4. The van der Waals surface area contributed by atoms with Gasteiger partial charge in [-0.05, 0) is 64.8 Å². The van der Waals surface area contributed by atoms with Gasteiger partial charge in [0.15, 0.2) is 11.5 Å². The number of hydrazone groups is 1. The van der Waals surface area contributed by atoms with Crippen molar-refractivity contribution in [3.8, 4) is 11.5 Å². The molecule has 3 aromatic carbocycles. The Morgan fingerprint density at radius 1 is 1.10 bits per heavy atom. The summed E-state index contributed by atoms with van der Waals surface area (Å²) in [6.45, 7) is 2.33. The Morgan fingerprint density at radius 2 is 1.90 bits per heavy atom. The van der Waals surface area contributed by atoms with Crippen molar-refractivity contribution in [2.24, 2.45) is 5.10 Å². The number of amides is 1. The van der Waals surface area contributed by atoms with Crippen LogP contribution in [0, 0.1) is 5.82 Å². The number of carbonyl (C=O) groups excluding carboxylic acids is 1. The third-order valence-electron chi connectivity index (χ3n) is 4.13. The van der Waals surface area contributed by atoms with Crippen LogP contribution in [0.4, 0.5) is 4.39 Å². The van der Waals surface area contributed by atoms with E-state index in [9.17, 15) is 9.18 Å². The van der Waals surface area contributed by atoms with Crippen LogP contribution in [0.3, 0.4) is 0 Å². The summed E-state index contributed by atoms with van der Waals surface area (Å²) in [5.41, 5.74) is 4.11. The van der Waals surface area contributed by atoms with E-state index in [2.05, 4.69) is 42.4 Å². The van der Waals surface area contributed by atoms with Gasteiger partial charge in [-0.15, -0.1) is 0 Å². The minimum absolute atomic E-state index is 0.0570. The molecule has 0 saturated carbocycles. The van der Waals surface area contributed by atoms with E-state index in [1.54, 1.807) is 48.5 Å². The standard InChI is InChI=1S/C23H19Br2FN2O3/c1-2-30-21-11-15(13-27-28-23(29)16-7-5-8-18(24)12-16)10-19(25)22(21)31-14-17-6-3-4-9-20(17)26/h3-13H,2,14H2,1H3,(H,28,29)/b27-13-. The fourth-order valence-electron chi connectivity index (χ4n) is 2.69. The molecule has 0 aliphatic heterocycles. The van der Waals surface area contributed by atoms with Crippen molar-refractivity contribution in [1.82, 2.24) is 5.43 Å². The SMILES string of the molecule is CCOc1cc(/C=N\NC(=O)c2cccc(Br)c2)cc(Br)c1OCc1ccccc1F. The predicted octanol–water partition coefficient (Wildman–Crippen LogP) is 6.09. The lowest BCUT2D eigenvalue weighted by Crippen LogP contribution is -2.17. The first kappa shape index (κ1) is 23.0. The van der Waals surface area contributed by atoms with E-state index in [1.807, 2.05) is 13.0 Å². The molecule has 0 aromatic heterocycles. The minimum atomic E-state index is -0.332. The van der Waals surface area contributed by atoms with Crippen LogP contribution in [0.5, 0.6) is 11.5 Å². The molecule has 0 fully saturated rings. The minimum Gasteiger partial charge on any atom is -0.490 e. The van der Waals surface area contributed by atoms with Gasteiger partial charge in [0.1, 0.15) is 12.4 Å². The van der Waals surface area contributed by atoms with Gasteiger partial charge in [-0.1, -0.05) is 40.2 Å². The molecule has 160 valence electrons. The normalized spacial score (nSPS) is 10.8. The number of carbonyl (C=O) groups is 1. The molecule has 1 N–H and O–H groups in total. The third-order valence-corrected chi connectivity index (χ3v) is 5.21. The Labute approximate surface area is 196 Å². The molecule has 3 rings (SSSR count). The molecule has 8 heteroatoms. The van der Waals surface area contributed by atoms with Crippen molar-refractivity contribution < 1.29 is 18.7 Å². The summed E-state index contributed by atoms with van der Waals surface area (Å²) >= 11 is 6.81. The molecule has 1 amide bonds. The van der Waals surface area contributed by atoms with Gasteiger partial charge in [0.05, 0.1) is 17.3 Å². The number of benzene rings is 3. The third kappa shape index (κ3) is 6.38. The van der Waals surface area contributed by atoms with Crippen molar-refractivity contribution in [2.45, 2.75) is 13.5 Å². The molecule has 0 aliphatic carbocycles. The zero-order valence-electron chi connectivity index (χ0n) is 16.6. The number of nitrogens with one attached hydrogen (secondary N) is 1. The highest BCUT2D eigenvalue weighted by atomic mass is 79.9. The Bertz CT molecular complexity index is 1110. The molecule has 5 nitrogen and oxygen atoms in total. The maximum Gasteiger partial charge on any atom is 0.271 e. The van der Waals surface area contributed by atoms with Gasteiger partial charge >= 0.3 is 0 Å². The molecule has 0 atom stereocenters. The van der Waals surface area contributed by atoms with Crippen LogP contribution in [-0.4, -0.2) is 18.7 Å². The van der Waals surface area contributed by atoms with E-state index in [-0.39, 0.29) is 18.3 Å². The summed E-state index contributed by atoms with van der Waals surface area (Å²) < 4.78 is 26.8. The van der Waals surface area contributed by atoms with Crippen LogP contribution in [0.2, 0.25) is 0 Å². The lowest BCUT2D eigenvalue weighted by atomic mass is 10.2. The maximum absolute atomic E-state index is 13.9. The first-order valence-corrected chi connectivity index (χ1v) is 11.0. The smallest absolute Gasteiger partial charge is 0.271 e. The van der Waals surface area contributed by atoms with Gasteiger partial charge in [-0.25, -0.2) is 9.82 Å². The Morgan fingerprint density at radius 3 is 2.65 bits per heavy atom. The zero-order chi connectivity index (χ0) is 22.2. The first-order valence-electron chi connectivity index (χ1n) is 9.39. The van der Waals surface area contributed by atoms with Gasteiger partial charge in [0.25, 0.3) is 5.91 Å². The summed E-state index contributed by atoms with van der Waals surface area (Å²) in [7, 11) is 0. The predicted molar refractivity (Wildman–Crippen MR) is 125 cm³/mol. The van der Waals surface area contributed by atoms with Crippen molar-refractivity contribution in [2.75, 3.05) is 6.61 Å². The maximum atomic E-state index is 13.9. The quantitative estimate of drug-likeness (QED) is 0.273. The van der Waals surface area contributed by atoms with E-state index >= 15 is 0 Å². The first-order chi connectivity index (χ1) is 15.0. The topological polar surface area (TPSA) is 59.9 Å². The average Bonchev–Trinajstić information content (AvgIpc) is 2.74. The number of rotatable bonds is 8. The molecule has 0 unspecified atom stereocenters. The molecule has 0 heterocycles. The van der Waals surface area contributed by atoms with Gasteiger partial charge in [0, 0.05) is 15.6 Å². The van der Waals surface area contributed by atoms with E-state index in [0.29, 0.717) is 39.3 Å². The number of halogens is 3. The number of ether oxygens (including phenoxy) is 2. The van der Waals surface area contributed by atoms with E-state index in [1.165, 1.54) is 12.3 Å². The van der Waals surface area contributed by atoms with Crippen molar-refractivity contribution >= 4 is 44.0 Å². The molecule has 31 heavy (non-hydrogen) atoms. The molecule has 0 radical (unpaired) electrons. The van der Waals surface area contributed by atoms with Crippen LogP contribution < -0.4 is 14.9 Å². The molecular formula is C23H19Br2FN2O3.